The molecule has 2 heterocycles. The van der Waals surface area contributed by atoms with Crippen molar-refractivity contribution in [2.24, 2.45) is 5.92 Å². The lowest BCUT2D eigenvalue weighted by Crippen LogP contribution is -2.46. The summed E-state index contributed by atoms with van der Waals surface area (Å²) in [6.07, 6.45) is 5.37. The SMILES string of the molecule is CC1CCC2CC1O2. The average molecular weight is 112 g/mol. The molecule has 1 saturated carbocycles. The predicted molar refractivity (Wildman–Crippen MR) is 31.7 cm³/mol. The third-order valence-electron chi connectivity index (χ3n) is 2.44. The molecule has 0 amide bonds. The van der Waals surface area contributed by atoms with E-state index in [2.05, 4.69) is 6.92 Å². The number of hydrogen-bond donors (Lipinski definition) is 0. The molecule has 0 N–H and O–H groups in total. The van der Waals surface area contributed by atoms with Crippen LogP contribution in [0.2, 0.25) is 0 Å². The van der Waals surface area contributed by atoms with Crippen molar-refractivity contribution in [2.75, 3.05) is 0 Å². The topological polar surface area (TPSA) is 9.23 Å². The Morgan fingerprint density at radius 2 is 2.12 bits per heavy atom. The maximum absolute atomic E-state index is 5.49. The largest absolute Gasteiger partial charge is 0.375 e. The van der Waals surface area contributed by atoms with Crippen molar-refractivity contribution in [2.45, 2.75) is 38.4 Å². The molecule has 0 spiro atoms. The molecule has 3 fully saturated rings. The summed E-state index contributed by atoms with van der Waals surface area (Å²) < 4.78 is 5.49. The first kappa shape index (κ1) is 4.80. The molecule has 0 radical (unpaired) electrons. The van der Waals surface area contributed by atoms with Gasteiger partial charge in [-0.15, -0.1) is 0 Å². The van der Waals surface area contributed by atoms with Crippen LogP contribution in [0.15, 0.2) is 0 Å². The van der Waals surface area contributed by atoms with Gasteiger partial charge in [0.05, 0.1) is 12.2 Å². The second-order valence-electron chi connectivity index (χ2n) is 3.09. The highest BCUT2D eigenvalue weighted by Gasteiger charge is 2.38. The molecule has 0 aromatic carbocycles. The summed E-state index contributed by atoms with van der Waals surface area (Å²) in [5.41, 5.74) is 0. The Morgan fingerprint density at radius 1 is 1.38 bits per heavy atom. The van der Waals surface area contributed by atoms with E-state index in [0.29, 0.717) is 12.2 Å². The van der Waals surface area contributed by atoms with Crippen LogP contribution in [0.1, 0.15) is 26.2 Å². The summed E-state index contributed by atoms with van der Waals surface area (Å²) in [6, 6.07) is 0. The van der Waals surface area contributed by atoms with E-state index in [-0.39, 0.29) is 0 Å². The molecular formula is C7H12O. The van der Waals surface area contributed by atoms with Gasteiger partial charge in [-0.2, -0.15) is 0 Å². The zero-order valence-corrected chi connectivity index (χ0v) is 5.26. The maximum atomic E-state index is 5.49. The van der Waals surface area contributed by atoms with Crippen LogP contribution in [-0.4, -0.2) is 12.2 Å². The van der Waals surface area contributed by atoms with Crippen LogP contribution in [0.3, 0.4) is 0 Å². The Kier molecular flexibility index (Phi) is 0.884. The lowest BCUT2D eigenvalue weighted by Gasteiger charge is -2.45. The van der Waals surface area contributed by atoms with E-state index in [9.17, 15) is 0 Å². The van der Waals surface area contributed by atoms with E-state index in [4.69, 9.17) is 4.74 Å². The fraction of sp³-hybridized carbons (Fsp3) is 1.00. The Labute approximate surface area is 50.0 Å². The van der Waals surface area contributed by atoms with E-state index in [1.807, 2.05) is 0 Å². The molecule has 3 atom stereocenters. The Balaban J connectivity index is 2.01. The van der Waals surface area contributed by atoms with Gasteiger partial charge in [-0.25, -0.2) is 0 Å². The molecule has 2 aliphatic heterocycles. The first-order chi connectivity index (χ1) is 3.86. The van der Waals surface area contributed by atoms with Gasteiger partial charge in [0.2, 0.25) is 0 Å². The van der Waals surface area contributed by atoms with Crippen molar-refractivity contribution < 1.29 is 4.74 Å². The maximum Gasteiger partial charge on any atom is 0.0629 e. The molecule has 1 nitrogen and oxygen atoms in total. The fourth-order valence-electron chi connectivity index (χ4n) is 1.68. The van der Waals surface area contributed by atoms with Crippen LogP contribution >= 0.6 is 0 Å². The van der Waals surface area contributed by atoms with Crippen molar-refractivity contribution >= 4 is 0 Å². The normalized spacial score (nSPS) is 52.9. The molecule has 1 heteroatoms. The summed E-state index contributed by atoms with van der Waals surface area (Å²) in [6.45, 7) is 2.29. The van der Waals surface area contributed by atoms with Gasteiger partial charge in [-0.05, 0) is 18.8 Å². The van der Waals surface area contributed by atoms with Gasteiger partial charge >= 0.3 is 0 Å². The first-order valence-electron chi connectivity index (χ1n) is 3.52. The lowest BCUT2D eigenvalue weighted by molar-refractivity contribution is -0.181. The van der Waals surface area contributed by atoms with Gasteiger partial charge in [-0.1, -0.05) is 6.92 Å². The molecule has 1 aliphatic carbocycles. The molecule has 0 aromatic heterocycles. The molecule has 3 aliphatic rings. The van der Waals surface area contributed by atoms with E-state index < -0.39 is 0 Å². The molecule has 2 saturated heterocycles. The van der Waals surface area contributed by atoms with Crippen molar-refractivity contribution in [3.63, 3.8) is 0 Å². The van der Waals surface area contributed by atoms with Crippen LogP contribution < -0.4 is 0 Å². The lowest BCUT2D eigenvalue weighted by atomic mass is 9.81. The molecule has 46 valence electrons. The van der Waals surface area contributed by atoms with Crippen LogP contribution in [0.25, 0.3) is 0 Å². The Morgan fingerprint density at radius 3 is 2.38 bits per heavy atom. The number of fused-ring (bicyclic) bond motifs is 2. The Bertz CT molecular complexity index is 89.1. The second-order valence-corrected chi connectivity index (χ2v) is 3.09. The Hall–Kier alpha value is -0.0400. The molecule has 3 rings (SSSR count). The second kappa shape index (κ2) is 1.47. The van der Waals surface area contributed by atoms with Gasteiger partial charge in [0, 0.05) is 6.42 Å². The zero-order valence-electron chi connectivity index (χ0n) is 5.26. The summed E-state index contributed by atoms with van der Waals surface area (Å²) in [5.74, 6) is 0.847. The highest BCUT2D eigenvalue weighted by molar-refractivity contribution is 4.87. The first-order valence-corrected chi connectivity index (χ1v) is 3.52. The summed E-state index contributed by atoms with van der Waals surface area (Å²) in [4.78, 5) is 0. The van der Waals surface area contributed by atoms with Gasteiger partial charge in [0.15, 0.2) is 0 Å². The quantitative estimate of drug-likeness (QED) is 0.462. The van der Waals surface area contributed by atoms with E-state index in [0.717, 1.165) is 5.92 Å². The smallest absolute Gasteiger partial charge is 0.0629 e. The minimum atomic E-state index is 0.647. The standard InChI is InChI=1S/C7H12O/c1-5-2-3-6-4-7(5)8-6/h5-7H,2-4H2,1H3. The van der Waals surface area contributed by atoms with Crippen molar-refractivity contribution in [1.82, 2.24) is 0 Å². The third kappa shape index (κ3) is 0.510. The monoisotopic (exact) mass is 112 g/mol. The molecule has 2 bridgehead atoms. The highest BCUT2D eigenvalue weighted by Crippen LogP contribution is 2.38. The highest BCUT2D eigenvalue weighted by atomic mass is 16.5. The predicted octanol–water partition coefficient (Wildman–Crippen LogP) is 1.57. The number of rotatable bonds is 0. The molecule has 3 unspecified atom stereocenters. The van der Waals surface area contributed by atoms with Crippen LogP contribution in [0.4, 0.5) is 0 Å². The van der Waals surface area contributed by atoms with E-state index in [1.54, 1.807) is 0 Å². The minimum absolute atomic E-state index is 0.647. The molecule has 0 aromatic rings. The van der Waals surface area contributed by atoms with Crippen molar-refractivity contribution in [1.29, 1.82) is 0 Å². The van der Waals surface area contributed by atoms with Crippen LogP contribution in [0, 0.1) is 5.92 Å². The van der Waals surface area contributed by atoms with Crippen molar-refractivity contribution in [3.8, 4) is 0 Å². The van der Waals surface area contributed by atoms with Gasteiger partial charge in [0.1, 0.15) is 0 Å². The number of hydrogen-bond acceptors (Lipinski definition) is 1. The average Bonchev–Trinajstić information content (AvgIpc) is 1.62. The summed E-state index contributed by atoms with van der Waals surface area (Å²) in [5, 5.41) is 0. The van der Waals surface area contributed by atoms with Gasteiger partial charge in [0.25, 0.3) is 0 Å². The molecular weight excluding hydrogens is 100 g/mol. The third-order valence-corrected chi connectivity index (χ3v) is 2.44. The van der Waals surface area contributed by atoms with Crippen LogP contribution in [0.5, 0.6) is 0 Å². The minimum Gasteiger partial charge on any atom is -0.375 e. The van der Waals surface area contributed by atoms with Gasteiger partial charge in [-0.3, -0.25) is 0 Å². The summed E-state index contributed by atoms with van der Waals surface area (Å²) >= 11 is 0. The van der Waals surface area contributed by atoms with E-state index in [1.165, 1.54) is 19.3 Å². The summed E-state index contributed by atoms with van der Waals surface area (Å²) in [7, 11) is 0. The van der Waals surface area contributed by atoms with Crippen molar-refractivity contribution in [3.05, 3.63) is 0 Å². The fourth-order valence-corrected chi connectivity index (χ4v) is 1.68. The molecule has 8 heavy (non-hydrogen) atoms. The zero-order chi connectivity index (χ0) is 5.56. The van der Waals surface area contributed by atoms with Gasteiger partial charge < -0.3 is 4.74 Å². The number of ether oxygens (including phenoxy) is 1. The van der Waals surface area contributed by atoms with E-state index >= 15 is 0 Å². The van der Waals surface area contributed by atoms with Crippen LogP contribution in [-0.2, 0) is 4.74 Å².